The Morgan fingerprint density at radius 1 is 1.50 bits per heavy atom. The molecule has 2 atom stereocenters. The Hall–Kier alpha value is -1.88. The quantitative estimate of drug-likeness (QED) is 0.835. The van der Waals surface area contributed by atoms with Crippen molar-refractivity contribution in [2.45, 2.75) is 24.8 Å². The van der Waals surface area contributed by atoms with E-state index in [0.717, 1.165) is 24.3 Å². The largest absolute Gasteiger partial charge is 0.480 e. The highest BCUT2D eigenvalue weighted by atomic mass is 16.4. The normalized spacial score (nSPS) is 24.2. The molecule has 0 amide bonds. The van der Waals surface area contributed by atoms with E-state index in [2.05, 4.69) is 20.8 Å². The molecule has 2 N–H and O–H groups in total. The first-order valence-corrected chi connectivity index (χ1v) is 6.14. The molecule has 3 rings (SSSR count). The smallest absolute Gasteiger partial charge is 0.320 e. The van der Waals surface area contributed by atoms with Gasteiger partial charge in [-0.3, -0.25) is 4.79 Å². The van der Waals surface area contributed by atoms with Crippen molar-refractivity contribution in [3.8, 4) is 0 Å². The summed E-state index contributed by atoms with van der Waals surface area (Å²) in [4.78, 5) is 15.3. The highest BCUT2D eigenvalue weighted by Crippen LogP contribution is 2.28. The lowest BCUT2D eigenvalue weighted by Crippen LogP contribution is -2.43. The molecule has 1 fully saturated rings. The van der Waals surface area contributed by atoms with E-state index in [4.69, 9.17) is 5.11 Å². The minimum absolute atomic E-state index is 0.269. The Morgan fingerprint density at radius 2 is 2.39 bits per heavy atom. The van der Waals surface area contributed by atoms with E-state index in [1.807, 2.05) is 18.3 Å². The average Bonchev–Trinajstić information content (AvgIpc) is 2.87. The second-order valence-electron chi connectivity index (χ2n) is 4.67. The van der Waals surface area contributed by atoms with Gasteiger partial charge in [-0.05, 0) is 31.5 Å². The van der Waals surface area contributed by atoms with Crippen molar-refractivity contribution < 1.29 is 9.90 Å². The molecule has 1 aliphatic heterocycles. The van der Waals surface area contributed by atoms with E-state index in [1.165, 1.54) is 0 Å². The molecule has 0 radical (unpaired) electrons. The molecule has 2 unspecified atom stereocenters. The predicted octanol–water partition coefficient (Wildman–Crippen LogP) is 1.25. The van der Waals surface area contributed by atoms with Crippen LogP contribution in [0.5, 0.6) is 0 Å². The number of rotatable bonds is 2. The Morgan fingerprint density at radius 3 is 3.22 bits per heavy atom. The summed E-state index contributed by atoms with van der Waals surface area (Å²) in [6.45, 7) is 0.743. The predicted molar refractivity (Wildman–Crippen MR) is 66.6 cm³/mol. The number of aromatic nitrogens is 2. The number of nitrogens with one attached hydrogen (secondary N) is 1. The maximum atomic E-state index is 11.1. The Bertz CT molecular complexity index is 578. The van der Waals surface area contributed by atoms with Gasteiger partial charge < -0.3 is 14.8 Å². The van der Waals surface area contributed by atoms with Crippen LogP contribution in [0.15, 0.2) is 30.6 Å². The van der Waals surface area contributed by atoms with Crippen molar-refractivity contribution in [3.63, 3.8) is 0 Å². The fraction of sp³-hybridized carbons (Fsp3) is 0.385. The minimum Gasteiger partial charge on any atom is -0.480 e. The third-order valence-electron chi connectivity index (χ3n) is 3.58. The molecule has 1 saturated heterocycles. The lowest BCUT2D eigenvalue weighted by molar-refractivity contribution is -0.140. The monoisotopic (exact) mass is 245 g/mol. The molecule has 1 aliphatic rings. The van der Waals surface area contributed by atoms with Gasteiger partial charge in [-0.2, -0.15) is 0 Å². The van der Waals surface area contributed by atoms with Gasteiger partial charge in [-0.25, -0.2) is 4.98 Å². The number of carbonyl (C=O) groups is 1. The van der Waals surface area contributed by atoms with Crippen LogP contribution in [0.1, 0.15) is 24.5 Å². The summed E-state index contributed by atoms with van der Waals surface area (Å²) >= 11 is 0. The van der Waals surface area contributed by atoms with Crippen LogP contribution in [0.2, 0.25) is 0 Å². The third kappa shape index (κ3) is 1.86. The molecule has 94 valence electrons. The van der Waals surface area contributed by atoms with Crippen LogP contribution >= 0.6 is 0 Å². The Labute approximate surface area is 104 Å². The van der Waals surface area contributed by atoms with E-state index in [-0.39, 0.29) is 5.92 Å². The molecular weight excluding hydrogens is 230 g/mol. The van der Waals surface area contributed by atoms with Crippen molar-refractivity contribution in [2.24, 2.45) is 0 Å². The first-order chi connectivity index (χ1) is 8.75. The SMILES string of the molecule is O=C(O)C1CC(c2cccc3nccn23)CCN1. The first kappa shape index (κ1) is 11.2. The number of pyridine rings is 1. The molecule has 0 spiro atoms. The van der Waals surface area contributed by atoms with Gasteiger partial charge in [0.2, 0.25) is 0 Å². The van der Waals surface area contributed by atoms with Gasteiger partial charge >= 0.3 is 5.97 Å². The van der Waals surface area contributed by atoms with Crippen molar-refractivity contribution in [2.75, 3.05) is 6.54 Å². The van der Waals surface area contributed by atoms with E-state index in [9.17, 15) is 4.79 Å². The van der Waals surface area contributed by atoms with Crippen LogP contribution < -0.4 is 5.32 Å². The zero-order valence-corrected chi connectivity index (χ0v) is 9.91. The molecule has 5 heteroatoms. The van der Waals surface area contributed by atoms with Crippen molar-refractivity contribution in [1.29, 1.82) is 0 Å². The van der Waals surface area contributed by atoms with E-state index in [0.29, 0.717) is 6.42 Å². The first-order valence-electron chi connectivity index (χ1n) is 6.14. The van der Waals surface area contributed by atoms with Crippen LogP contribution in [0.25, 0.3) is 5.65 Å². The Balaban J connectivity index is 1.94. The molecule has 0 aliphatic carbocycles. The molecule has 2 aromatic rings. The van der Waals surface area contributed by atoms with Gasteiger partial charge in [-0.15, -0.1) is 0 Å². The molecule has 0 bridgehead atoms. The number of imidazole rings is 1. The summed E-state index contributed by atoms with van der Waals surface area (Å²) in [6, 6.07) is 5.56. The van der Waals surface area contributed by atoms with Crippen molar-refractivity contribution in [1.82, 2.24) is 14.7 Å². The highest BCUT2D eigenvalue weighted by Gasteiger charge is 2.28. The number of carboxylic acid groups (broad SMARTS) is 1. The molecule has 3 heterocycles. The van der Waals surface area contributed by atoms with Crippen molar-refractivity contribution in [3.05, 3.63) is 36.3 Å². The van der Waals surface area contributed by atoms with Gasteiger partial charge in [-0.1, -0.05) is 6.07 Å². The van der Waals surface area contributed by atoms with Gasteiger partial charge in [0.05, 0.1) is 0 Å². The second-order valence-corrected chi connectivity index (χ2v) is 4.67. The third-order valence-corrected chi connectivity index (χ3v) is 3.58. The fourth-order valence-corrected chi connectivity index (χ4v) is 2.68. The zero-order chi connectivity index (χ0) is 12.5. The molecule has 5 nitrogen and oxygen atoms in total. The standard InChI is InChI=1S/C13H15N3O2/c17-13(18)10-8-9(4-5-14-10)11-2-1-3-12-15-6-7-16(11)12/h1-3,6-7,9-10,14H,4-5,8H2,(H,17,18). The number of carboxylic acids is 1. The summed E-state index contributed by atoms with van der Waals surface area (Å²) in [5.74, 6) is -0.497. The van der Waals surface area contributed by atoms with Crippen LogP contribution in [-0.4, -0.2) is 33.0 Å². The summed E-state index contributed by atoms with van der Waals surface area (Å²) in [5.41, 5.74) is 2.07. The lowest BCUT2D eigenvalue weighted by atomic mass is 9.89. The van der Waals surface area contributed by atoms with Crippen molar-refractivity contribution >= 4 is 11.6 Å². The molecule has 18 heavy (non-hydrogen) atoms. The average molecular weight is 245 g/mol. The summed E-state index contributed by atoms with van der Waals surface area (Å²) in [5, 5.41) is 12.1. The van der Waals surface area contributed by atoms with E-state index < -0.39 is 12.0 Å². The number of aliphatic carboxylic acids is 1. The zero-order valence-electron chi connectivity index (χ0n) is 9.91. The van der Waals surface area contributed by atoms with Crippen LogP contribution in [0.3, 0.4) is 0 Å². The summed E-state index contributed by atoms with van der Waals surface area (Å²) < 4.78 is 2.05. The van der Waals surface area contributed by atoms with Crippen LogP contribution in [0.4, 0.5) is 0 Å². The Kier molecular flexibility index (Phi) is 2.76. The van der Waals surface area contributed by atoms with E-state index >= 15 is 0 Å². The van der Waals surface area contributed by atoms with Crippen LogP contribution in [0, 0.1) is 0 Å². The number of fused-ring (bicyclic) bond motifs is 1. The van der Waals surface area contributed by atoms with Gasteiger partial charge in [0.25, 0.3) is 0 Å². The summed E-state index contributed by atoms with van der Waals surface area (Å²) in [6.07, 6.45) is 5.30. The van der Waals surface area contributed by atoms with Crippen LogP contribution in [-0.2, 0) is 4.79 Å². The van der Waals surface area contributed by atoms with Gasteiger partial charge in [0.15, 0.2) is 0 Å². The molecule has 0 aromatic carbocycles. The highest BCUT2D eigenvalue weighted by molar-refractivity contribution is 5.73. The number of piperidine rings is 1. The number of nitrogens with zero attached hydrogens (tertiary/aromatic N) is 2. The molecule has 2 aromatic heterocycles. The second kappa shape index (κ2) is 4.42. The molecular formula is C13H15N3O2. The number of hydrogen-bond donors (Lipinski definition) is 2. The van der Waals surface area contributed by atoms with Gasteiger partial charge in [0, 0.05) is 24.0 Å². The lowest BCUT2D eigenvalue weighted by Gasteiger charge is -2.28. The fourth-order valence-electron chi connectivity index (χ4n) is 2.68. The number of hydrogen-bond acceptors (Lipinski definition) is 3. The topological polar surface area (TPSA) is 66.6 Å². The van der Waals surface area contributed by atoms with Gasteiger partial charge in [0.1, 0.15) is 11.7 Å². The maximum Gasteiger partial charge on any atom is 0.320 e. The summed E-state index contributed by atoms with van der Waals surface area (Å²) in [7, 11) is 0. The maximum absolute atomic E-state index is 11.1. The minimum atomic E-state index is -0.766. The van der Waals surface area contributed by atoms with E-state index in [1.54, 1.807) is 6.20 Å². The molecule has 0 saturated carbocycles.